The van der Waals surface area contributed by atoms with Gasteiger partial charge in [-0.3, -0.25) is 14.9 Å². The van der Waals surface area contributed by atoms with Crippen molar-refractivity contribution >= 4 is 23.3 Å². The zero-order valence-electron chi connectivity index (χ0n) is 28.1. The fourth-order valence-corrected chi connectivity index (χ4v) is 8.36. The number of nitrogens with one attached hydrogen (secondary N) is 1. The Labute approximate surface area is 290 Å². The standard InChI is InChI=1S/C37H43N9O4/c38-36-28(21-29(41-42-36)27-7-1-2-10-33(27)47)30-22-39-46(43-30)25-15-17-44(18-16-25)24-6-3-5-23(11-12-24)26-8-4-9-31-35(26)50-20-19-45(31)32-13-14-34(48)40-37(32)49/h1-2,4,7-10,21-25,32,47H,3,5-6,11-20H2,(H2,38,42)(H,40,48,49)/t23-,24-,32-/m1/s1. The number of nitrogens with zero attached hydrogens (tertiary/aromatic N) is 7. The molecule has 3 atom stereocenters. The van der Waals surface area contributed by atoms with E-state index < -0.39 is 0 Å². The highest BCUT2D eigenvalue weighted by Crippen LogP contribution is 2.44. The van der Waals surface area contributed by atoms with E-state index in [1.54, 1.807) is 30.5 Å². The summed E-state index contributed by atoms with van der Waals surface area (Å²) in [6.07, 6.45) is 10.2. The first-order chi connectivity index (χ1) is 24.4. The maximum atomic E-state index is 12.7. The maximum absolute atomic E-state index is 12.7. The van der Waals surface area contributed by atoms with Gasteiger partial charge in [-0.05, 0) is 80.7 Å². The van der Waals surface area contributed by atoms with Crippen molar-refractivity contribution in [3.05, 3.63) is 60.3 Å². The molecule has 4 aliphatic rings. The van der Waals surface area contributed by atoms with E-state index in [9.17, 15) is 14.7 Å². The van der Waals surface area contributed by atoms with Crippen LogP contribution in [-0.2, 0) is 9.59 Å². The van der Waals surface area contributed by atoms with Crippen LogP contribution in [0, 0.1) is 0 Å². The van der Waals surface area contributed by atoms with Crippen LogP contribution in [0.5, 0.6) is 11.5 Å². The Balaban J connectivity index is 0.899. The van der Waals surface area contributed by atoms with Crippen LogP contribution in [0.3, 0.4) is 0 Å². The first-order valence-electron chi connectivity index (χ1n) is 17.9. The first-order valence-corrected chi connectivity index (χ1v) is 17.9. The number of anilines is 2. The third-order valence-corrected chi connectivity index (χ3v) is 11.0. The minimum absolute atomic E-state index is 0.128. The van der Waals surface area contributed by atoms with Gasteiger partial charge < -0.3 is 25.4 Å². The van der Waals surface area contributed by atoms with E-state index in [0.29, 0.717) is 60.5 Å². The van der Waals surface area contributed by atoms with E-state index in [-0.39, 0.29) is 35.5 Å². The number of para-hydroxylation sites is 2. The molecule has 0 spiro atoms. The highest BCUT2D eigenvalue weighted by molar-refractivity contribution is 6.02. The number of likely N-dealkylation sites (tertiary alicyclic amines) is 1. The average Bonchev–Trinajstić information content (AvgIpc) is 3.50. The second-order valence-corrected chi connectivity index (χ2v) is 13.9. The highest BCUT2D eigenvalue weighted by Gasteiger charge is 2.36. The lowest BCUT2D eigenvalue weighted by atomic mass is 9.89. The second-order valence-electron chi connectivity index (χ2n) is 13.9. The van der Waals surface area contributed by atoms with E-state index in [4.69, 9.17) is 15.6 Å². The minimum atomic E-state index is -0.343. The molecule has 4 N–H and O–H groups in total. The largest absolute Gasteiger partial charge is 0.507 e. The van der Waals surface area contributed by atoms with Gasteiger partial charge in [-0.25, -0.2) is 0 Å². The van der Waals surface area contributed by atoms with Crippen LogP contribution in [0.4, 0.5) is 11.5 Å². The summed E-state index contributed by atoms with van der Waals surface area (Å²) in [6, 6.07) is 15.6. The molecule has 0 bridgehead atoms. The molecular weight excluding hydrogens is 634 g/mol. The van der Waals surface area contributed by atoms with Gasteiger partial charge in [-0.2, -0.15) is 15.0 Å². The molecule has 3 fully saturated rings. The van der Waals surface area contributed by atoms with Gasteiger partial charge in [0.15, 0.2) is 5.82 Å². The summed E-state index contributed by atoms with van der Waals surface area (Å²) in [6.45, 7) is 3.16. The molecule has 50 heavy (non-hydrogen) atoms. The molecule has 13 heteroatoms. The summed E-state index contributed by atoms with van der Waals surface area (Å²) in [7, 11) is 0. The van der Waals surface area contributed by atoms with E-state index in [1.165, 1.54) is 12.0 Å². The summed E-state index contributed by atoms with van der Waals surface area (Å²) in [5.74, 6) is 1.32. The summed E-state index contributed by atoms with van der Waals surface area (Å²) in [4.78, 5) is 31.1. The molecule has 2 saturated heterocycles. The van der Waals surface area contributed by atoms with Crippen molar-refractivity contribution < 1.29 is 19.4 Å². The van der Waals surface area contributed by atoms with Gasteiger partial charge in [-0.1, -0.05) is 30.7 Å². The van der Waals surface area contributed by atoms with Crippen molar-refractivity contribution in [3.8, 4) is 34.0 Å². The highest BCUT2D eigenvalue weighted by atomic mass is 16.5. The zero-order valence-corrected chi connectivity index (χ0v) is 28.1. The number of carbonyl (C=O) groups is 2. The van der Waals surface area contributed by atoms with Gasteiger partial charge in [0.05, 0.1) is 30.2 Å². The van der Waals surface area contributed by atoms with Crippen LogP contribution >= 0.6 is 0 Å². The number of rotatable bonds is 6. The van der Waals surface area contributed by atoms with Crippen molar-refractivity contribution in [1.82, 2.24) is 35.4 Å². The molecule has 1 saturated carbocycles. The fraction of sp³-hybridized carbons (Fsp3) is 0.459. The zero-order chi connectivity index (χ0) is 34.2. The Bertz CT molecular complexity index is 1890. The van der Waals surface area contributed by atoms with Gasteiger partial charge in [0, 0.05) is 36.7 Å². The summed E-state index contributed by atoms with van der Waals surface area (Å²) in [5.41, 5.74) is 10.8. The van der Waals surface area contributed by atoms with Gasteiger partial charge in [0.1, 0.15) is 29.8 Å². The number of amides is 2. The fourth-order valence-electron chi connectivity index (χ4n) is 8.36. The Morgan fingerprint density at radius 2 is 1.72 bits per heavy atom. The minimum Gasteiger partial charge on any atom is -0.507 e. The molecule has 2 amide bonds. The molecule has 260 valence electrons. The van der Waals surface area contributed by atoms with Crippen molar-refractivity contribution in [2.24, 2.45) is 0 Å². The van der Waals surface area contributed by atoms with Crippen molar-refractivity contribution in [1.29, 1.82) is 0 Å². The number of aromatic hydroxyl groups is 1. The second kappa shape index (κ2) is 13.7. The number of nitrogens with two attached hydrogens (primary N) is 1. The molecule has 2 aromatic heterocycles. The van der Waals surface area contributed by atoms with E-state index >= 15 is 0 Å². The Hall–Kier alpha value is -5.04. The molecule has 5 heterocycles. The molecule has 13 nitrogen and oxygen atoms in total. The van der Waals surface area contributed by atoms with Crippen molar-refractivity contribution in [3.63, 3.8) is 0 Å². The number of benzene rings is 2. The predicted molar refractivity (Wildman–Crippen MR) is 187 cm³/mol. The average molecular weight is 678 g/mol. The first kappa shape index (κ1) is 32.2. The third-order valence-electron chi connectivity index (χ3n) is 11.0. The van der Waals surface area contributed by atoms with Gasteiger partial charge in [0.25, 0.3) is 0 Å². The third kappa shape index (κ3) is 6.26. The molecule has 4 aromatic rings. The Morgan fingerprint density at radius 3 is 2.56 bits per heavy atom. The lowest BCUT2D eigenvalue weighted by Gasteiger charge is -2.39. The number of phenolic OH excluding ortho intramolecular Hbond substituents is 1. The topological polar surface area (TPSA) is 165 Å². The molecule has 0 unspecified atom stereocenters. The SMILES string of the molecule is Nc1nnc(-c2ccccc2O)cc1-c1cnn(C2CCN([C@@H]3CCC[C@@H](c4cccc5c4OCCN5[C@@H]4CCC(=O)NC4=O)CC3)CC2)n1. The molecule has 2 aromatic carbocycles. The number of carbonyl (C=O) groups excluding carboxylic acids is 2. The van der Waals surface area contributed by atoms with Gasteiger partial charge >= 0.3 is 0 Å². The van der Waals surface area contributed by atoms with Crippen LogP contribution in [0.15, 0.2) is 54.7 Å². The van der Waals surface area contributed by atoms with Crippen LogP contribution < -0.4 is 20.7 Å². The Kier molecular flexibility index (Phi) is 8.82. The lowest BCUT2D eigenvalue weighted by molar-refractivity contribution is -0.134. The van der Waals surface area contributed by atoms with Crippen LogP contribution in [0.25, 0.3) is 22.5 Å². The number of imide groups is 1. The number of ether oxygens (including phenoxy) is 1. The summed E-state index contributed by atoms with van der Waals surface area (Å²) in [5, 5.41) is 30.6. The maximum Gasteiger partial charge on any atom is 0.249 e. The van der Waals surface area contributed by atoms with E-state index in [2.05, 4.69) is 48.6 Å². The number of aromatic nitrogens is 5. The number of phenols is 1. The van der Waals surface area contributed by atoms with Crippen LogP contribution in [0.1, 0.15) is 75.3 Å². The normalized spacial score (nSPS) is 23.5. The number of hydrogen-bond acceptors (Lipinski definition) is 11. The lowest BCUT2D eigenvalue weighted by Crippen LogP contribution is -2.54. The molecular formula is C37H43N9O4. The molecule has 3 aliphatic heterocycles. The summed E-state index contributed by atoms with van der Waals surface area (Å²) >= 11 is 0. The van der Waals surface area contributed by atoms with Crippen LogP contribution in [0.2, 0.25) is 0 Å². The van der Waals surface area contributed by atoms with E-state index in [1.807, 2.05) is 10.9 Å². The van der Waals surface area contributed by atoms with Gasteiger partial charge in [0.2, 0.25) is 11.8 Å². The van der Waals surface area contributed by atoms with Crippen LogP contribution in [-0.4, -0.2) is 85.3 Å². The van der Waals surface area contributed by atoms with E-state index in [0.717, 1.165) is 63.1 Å². The molecule has 1 aliphatic carbocycles. The number of hydrogen-bond donors (Lipinski definition) is 3. The van der Waals surface area contributed by atoms with Gasteiger partial charge in [-0.15, -0.1) is 10.2 Å². The quantitative estimate of drug-likeness (QED) is 0.195. The van der Waals surface area contributed by atoms with Crippen molar-refractivity contribution in [2.75, 3.05) is 36.9 Å². The Morgan fingerprint density at radius 1 is 0.860 bits per heavy atom. The summed E-state index contributed by atoms with van der Waals surface area (Å²) < 4.78 is 6.30. The predicted octanol–water partition coefficient (Wildman–Crippen LogP) is 4.45. The molecule has 8 rings (SSSR count). The molecule has 0 radical (unpaired) electrons. The monoisotopic (exact) mass is 677 g/mol. The number of nitrogen functional groups attached to an aromatic ring is 1. The smallest absolute Gasteiger partial charge is 0.249 e. The number of piperidine rings is 2. The van der Waals surface area contributed by atoms with Crippen molar-refractivity contribution in [2.45, 2.75) is 81.8 Å². The number of fused-ring (bicyclic) bond motifs is 1.